The molecule has 0 aliphatic carbocycles. The zero-order valence-corrected chi connectivity index (χ0v) is 11.3. The smallest absolute Gasteiger partial charge is 0.119 e. The largest absolute Gasteiger partial charge is 0.491 e. The van der Waals surface area contributed by atoms with Crippen LogP contribution in [0.1, 0.15) is 32.3 Å². The van der Waals surface area contributed by atoms with E-state index < -0.39 is 5.60 Å². The monoisotopic (exact) mass is 249 g/mol. The van der Waals surface area contributed by atoms with Gasteiger partial charge in [0.25, 0.3) is 0 Å². The Kier molecular flexibility index (Phi) is 4.25. The molecule has 100 valence electrons. The summed E-state index contributed by atoms with van der Waals surface area (Å²) in [7, 11) is 0. The predicted molar refractivity (Wildman–Crippen MR) is 73.0 cm³/mol. The van der Waals surface area contributed by atoms with Crippen molar-refractivity contribution in [2.24, 2.45) is 0 Å². The van der Waals surface area contributed by atoms with Crippen LogP contribution in [0.25, 0.3) is 0 Å². The Morgan fingerprint density at radius 1 is 1.22 bits per heavy atom. The molecule has 1 aromatic carbocycles. The van der Waals surface area contributed by atoms with Gasteiger partial charge in [0.15, 0.2) is 0 Å². The zero-order valence-electron chi connectivity index (χ0n) is 11.3. The summed E-state index contributed by atoms with van der Waals surface area (Å²) in [4.78, 5) is 0. The Bertz CT molecular complexity index is 367. The van der Waals surface area contributed by atoms with Crippen molar-refractivity contribution in [1.82, 2.24) is 5.32 Å². The maximum absolute atomic E-state index is 10.5. The summed E-state index contributed by atoms with van der Waals surface area (Å²) in [5.74, 6) is 0.894. The van der Waals surface area contributed by atoms with Crippen LogP contribution >= 0.6 is 0 Å². The molecule has 0 saturated carbocycles. The van der Waals surface area contributed by atoms with Crippen LogP contribution in [0, 0.1) is 0 Å². The molecule has 1 fully saturated rings. The first-order chi connectivity index (χ1) is 8.57. The van der Waals surface area contributed by atoms with Crippen molar-refractivity contribution in [2.75, 3.05) is 13.1 Å². The van der Waals surface area contributed by atoms with E-state index in [-0.39, 0.29) is 6.10 Å². The molecule has 2 N–H and O–H groups in total. The minimum absolute atomic E-state index is 0.199. The van der Waals surface area contributed by atoms with Gasteiger partial charge in [-0.1, -0.05) is 12.1 Å². The highest BCUT2D eigenvalue weighted by Gasteiger charge is 2.29. The van der Waals surface area contributed by atoms with Gasteiger partial charge in [0, 0.05) is 6.42 Å². The summed E-state index contributed by atoms with van der Waals surface area (Å²) in [6, 6.07) is 8.08. The number of rotatable bonds is 4. The minimum atomic E-state index is -0.536. The number of hydrogen-bond acceptors (Lipinski definition) is 3. The van der Waals surface area contributed by atoms with E-state index in [4.69, 9.17) is 4.74 Å². The van der Waals surface area contributed by atoms with E-state index in [2.05, 4.69) is 17.4 Å². The first kappa shape index (κ1) is 13.4. The molecule has 2 rings (SSSR count). The second kappa shape index (κ2) is 5.72. The Morgan fingerprint density at radius 3 is 2.39 bits per heavy atom. The lowest BCUT2D eigenvalue weighted by Gasteiger charge is -2.32. The van der Waals surface area contributed by atoms with E-state index in [1.807, 2.05) is 26.0 Å². The van der Waals surface area contributed by atoms with E-state index >= 15 is 0 Å². The van der Waals surface area contributed by atoms with Crippen LogP contribution < -0.4 is 10.1 Å². The quantitative estimate of drug-likeness (QED) is 0.859. The molecular formula is C15H23NO2. The fourth-order valence-electron chi connectivity index (χ4n) is 2.41. The molecule has 18 heavy (non-hydrogen) atoms. The Balaban J connectivity index is 1.97. The molecular weight excluding hydrogens is 226 g/mol. The number of nitrogens with one attached hydrogen (secondary N) is 1. The summed E-state index contributed by atoms with van der Waals surface area (Å²) in [6.45, 7) is 5.85. The molecule has 3 nitrogen and oxygen atoms in total. The lowest BCUT2D eigenvalue weighted by molar-refractivity contribution is 0.0108. The lowest BCUT2D eigenvalue weighted by atomic mass is 9.86. The van der Waals surface area contributed by atoms with Crippen molar-refractivity contribution in [3.63, 3.8) is 0 Å². The fraction of sp³-hybridized carbons (Fsp3) is 0.600. The molecule has 0 bridgehead atoms. The summed E-state index contributed by atoms with van der Waals surface area (Å²) in [5.41, 5.74) is 0.640. The van der Waals surface area contributed by atoms with Gasteiger partial charge in [0.2, 0.25) is 0 Å². The van der Waals surface area contributed by atoms with Gasteiger partial charge >= 0.3 is 0 Å². The van der Waals surface area contributed by atoms with Gasteiger partial charge in [0.1, 0.15) is 5.75 Å². The van der Waals surface area contributed by atoms with Gasteiger partial charge < -0.3 is 15.2 Å². The summed E-state index contributed by atoms with van der Waals surface area (Å²) in [5, 5.41) is 13.7. The maximum Gasteiger partial charge on any atom is 0.119 e. The average Bonchev–Trinajstić information content (AvgIpc) is 2.31. The lowest BCUT2D eigenvalue weighted by Crippen LogP contribution is -2.43. The van der Waals surface area contributed by atoms with Crippen molar-refractivity contribution in [2.45, 2.75) is 44.8 Å². The molecule has 0 atom stereocenters. The third-order valence-corrected chi connectivity index (χ3v) is 3.36. The highest BCUT2D eigenvalue weighted by molar-refractivity contribution is 5.28. The van der Waals surface area contributed by atoms with Gasteiger partial charge in [-0.3, -0.25) is 0 Å². The van der Waals surface area contributed by atoms with Gasteiger partial charge in [-0.2, -0.15) is 0 Å². The molecule has 1 aliphatic heterocycles. The summed E-state index contributed by atoms with van der Waals surface area (Å²) >= 11 is 0. The first-order valence-corrected chi connectivity index (χ1v) is 6.76. The van der Waals surface area contributed by atoms with Gasteiger partial charge in [-0.05, 0) is 57.5 Å². The Labute approximate surface area is 109 Å². The van der Waals surface area contributed by atoms with Crippen molar-refractivity contribution < 1.29 is 9.84 Å². The molecule has 0 amide bonds. The number of aliphatic hydroxyl groups is 1. The third-order valence-electron chi connectivity index (χ3n) is 3.36. The van der Waals surface area contributed by atoms with E-state index in [1.165, 1.54) is 5.56 Å². The average molecular weight is 249 g/mol. The molecule has 0 spiro atoms. The molecule has 3 heteroatoms. The summed E-state index contributed by atoms with van der Waals surface area (Å²) < 4.78 is 5.61. The molecule has 1 aromatic rings. The van der Waals surface area contributed by atoms with Crippen LogP contribution in [-0.2, 0) is 6.42 Å². The van der Waals surface area contributed by atoms with E-state index in [0.29, 0.717) is 0 Å². The molecule has 0 radical (unpaired) electrons. The topological polar surface area (TPSA) is 41.5 Å². The molecule has 0 unspecified atom stereocenters. The number of hydrogen-bond donors (Lipinski definition) is 2. The highest BCUT2D eigenvalue weighted by atomic mass is 16.5. The van der Waals surface area contributed by atoms with Crippen LogP contribution in [0.4, 0.5) is 0 Å². The molecule has 1 saturated heterocycles. The van der Waals surface area contributed by atoms with Crippen molar-refractivity contribution >= 4 is 0 Å². The third kappa shape index (κ3) is 3.72. The van der Waals surface area contributed by atoms with Crippen LogP contribution in [-0.4, -0.2) is 29.9 Å². The second-order valence-corrected chi connectivity index (χ2v) is 5.46. The SMILES string of the molecule is CC(C)Oc1ccc(CC2(O)CCNCC2)cc1. The molecule has 1 heterocycles. The normalized spacial score (nSPS) is 18.9. The highest BCUT2D eigenvalue weighted by Crippen LogP contribution is 2.24. The van der Waals surface area contributed by atoms with Gasteiger partial charge in [-0.25, -0.2) is 0 Å². The van der Waals surface area contributed by atoms with E-state index in [0.717, 1.165) is 38.1 Å². The maximum atomic E-state index is 10.5. The van der Waals surface area contributed by atoms with Crippen LogP contribution in [0.2, 0.25) is 0 Å². The first-order valence-electron chi connectivity index (χ1n) is 6.76. The minimum Gasteiger partial charge on any atom is -0.491 e. The number of piperidine rings is 1. The van der Waals surface area contributed by atoms with Gasteiger partial charge in [0.05, 0.1) is 11.7 Å². The number of benzene rings is 1. The predicted octanol–water partition coefficient (Wildman–Crippen LogP) is 2.13. The van der Waals surface area contributed by atoms with Crippen LogP contribution in [0.5, 0.6) is 5.75 Å². The van der Waals surface area contributed by atoms with E-state index in [9.17, 15) is 5.11 Å². The number of ether oxygens (including phenoxy) is 1. The van der Waals surface area contributed by atoms with Crippen LogP contribution in [0.3, 0.4) is 0 Å². The zero-order chi connectivity index (χ0) is 13.0. The Morgan fingerprint density at radius 2 is 1.83 bits per heavy atom. The van der Waals surface area contributed by atoms with Crippen molar-refractivity contribution in [1.29, 1.82) is 0 Å². The van der Waals surface area contributed by atoms with E-state index in [1.54, 1.807) is 0 Å². The summed E-state index contributed by atoms with van der Waals surface area (Å²) in [6.07, 6.45) is 2.59. The Hall–Kier alpha value is -1.06. The molecule has 1 aliphatic rings. The standard InChI is InChI=1S/C15H23NO2/c1-12(2)18-14-5-3-13(4-6-14)11-15(17)7-9-16-10-8-15/h3-6,12,16-17H,7-11H2,1-2H3. The van der Waals surface area contributed by atoms with Crippen molar-refractivity contribution in [3.05, 3.63) is 29.8 Å². The second-order valence-electron chi connectivity index (χ2n) is 5.46. The van der Waals surface area contributed by atoms with Crippen molar-refractivity contribution in [3.8, 4) is 5.75 Å². The van der Waals surface area contributed by atoms with Crippen LogP contribution in [0.15, 0.2) is 24.3 Å². The fourth-order valence-corrected chi connectivity index (χ4v) is 2.41. The van der Waals surface area contributed by atoms with Gasteiger partial charge in [-0.15, -0.1) is 0 Å². The molecule has 0 aromatic heterocycles.